The van der Waals surface area contributed by atoms with Gasteiger partial charge in [-0.3, -0.25) is 10.1 Å². The summed E-state index contributed by atoms with van der Waals surface area (Å²) in [6.45, 7) is 0.690. The van der Waals surface area contributed by atoms with Crippen LogP contribution >= 0.6 is 23.4 Å². The number of hydrogen-bond donors (Lipinski definition) is 1. The first-order chi connectivity index (χ1) is 9.58. The molecule has 0 saturated heterocycles. The number of thioether (sulfide) groups is 1. The molecule has 0 atom stereocenters. The lowest BCUT2D eigenvalue weighted by molar-refractivity contribution is -0.384. The normalized spacial score (nSPS) is 10.5. The van der Waals surface area contributed by atoms with Crippen LogP contribution in [0.4, 0.5) is 11.4 Å². The second-order valence-electron chi connectivity index (χ2n) is 4.02. The Morgan fingerprint density at radius 1 is 1.55 bits per heavy atom. The van der Waals surface area contributed by atoms with Crippen molar-refractivity contribution in [2.24, 2.45) is 7.05 Å². The SMILES string of the molecule is Cn1ccnc1SCCNc1ccc([N+](=O)[O-])cc1Cl. The Labute approximate surface area is 125 Å². The van der Waals surface area contributed by atoms with Crippen LogP contribution in [0.15, 0.2) is 35.7 Å². The maximum Gasteiger partial charge on any atom is 0.271 e. The highest BCUT2D eigenvalue weighted by atomic mass is 35.5. The van der Waals surface area contributed by atoms with Gasteiger partial charge in [-0.2, -0.15) is 0 Å². The van der Waals surface area contributed by atoms with Crippen molar-refractivity contribution in [1.29, 1.82) is 0 Å². The molecule has 0 aliphatic rings. The molecule has 20 heavy (non-hydrogen) atoms. The van der Waals surface area contributed by atoms with E-state index in [2.05, 4.69) is 10.3 Å². The summed E-state index contributed by atoms with van der Waals surface area (Å²) in [5, 5.41) is 15.0. The van der Waals surface area contributed by atoms with E-state index in [4.69, 9.17) is 11.6 Å². The van der Waals surface area contributed by atoms with Crippen molar-refractivity contribution in [3.8, 4) is 0 Å². The fourth-order valence-corrected chi connectivity index (χ4v) is 2.61. The summed E-state index contributed by atoms with van der Waals surface area (Å²) >= 11 is 7.61. The number of non-ortho nitro benzene ring substituents is 1. The van der Waals surface area contributed by atoms with Gasteiger partial charge in [0.05, 0.1) is 15.6 Å². The molecule has 1 N–H and O–H groups in total. The predicted octanol–water partition coefficient (Wildman–Crippen LogP) is 3.19. The van der Waals surface area contributed by atoms with Crippen molar-refractivity contribution in [3.05, 3.63) is 45.7 Å². The van der Waals surface area contributed by atoms with E-state index in [1.54, 1.807) is 24.0 Å². The van der Waals surface area contributed by atoms with Gasteiger partial charge >= 0.3 is 0 Å². The zero-order chi connectivity index (χ0) is 14.5. The maximum absolute atomic E-state index is 10.6. The van der Waals surface area contributed by atoms with Gasteiger partial charge in [-0.1, -0.05) is 23.4 Å². The average molecular weight is 313 g/mol. The molecular formula is C12H13ClN4O2S. The summed E-state index contributed by atoms with van der Waals surface area (Å²) in [6, 6.07) is 4.39. The largest absolute Gasteiger partial charge is 0.383 e. The molecule has 1 aromatic heterocycles. The Morgan fingerprint density at radius 3 is 2.95 bits per heavy atom. The minimum atomic E-state index is -0.466. The van der Waals surface area contributed by atoms with Crippen LogP contribution in [0.5, 0.6) is 0 Å². The molecule has 0 saturated carbocycles. The van der Waals surface area contributed by atoms with Crippen LogP contribution in [0.2, 0.25) is 5.02 Å². The number of nitro benzene ring substituents is 1. The molecule has 8 heteroatoms. The number of nitrogens with one attached hydrogen (secondary N) is 1. The molecule has 0 aliphatic carbocycles. The fourth-order valence-electron chi connectivity index (χ4n) is 1.58. The van der Waals surface area contributed by atoms with Gasteiger partial charge in [-0.05, 0) is 6.07 Å². The number of nitro groups is 1. The highest BCUT2D eigenvalue weighted by molar-refractivity contribution is 7.99. The first kappa shape index (κ1) is 14.7. The molecule has 0 aliphatic heterocycles. The van der Waals surface area contributed by atoms with Crippen LogP contribution in [-0.4, -0.2) is 26.8 Å². The van der Waals surface area contributed by atoms with Crippen LogP contribution in [0.25, 0.3) is 0 Å². The number of anilines is 1. The number of halogens is 1. The van der Waals surface area contributed by atoms with Gasteiger partial charge in [-0.25, -0.2) is 4.98 Å². The molecule has 0 unspecified atom stereocenters. The zero-order valence-corrected chi connectivity index (χ0v) is 12.3. The summed E-state index contributed by atoms with van der Waals surface area (Å²) in [6.07, 6.45) is 3.64. The van der Waals surface area contributed by atoms with E-state index in [9.17, 15) is 10.1 Å². The highest BCUT2D eigenvalue weighted by Crippen LogP contribution is 2.26. The van der Waals surface area contributed by atoms with Crippen molar-refractivity contribution >= 4 is 34.7 Å². The summed E-state index contributed by atoms with van der Waals surface area (Å²) in [5.74, 6) is 0.818. The van der Waals surface area contributed by atoms with Gasteiger partial charge in [0.2, 0.25) is 0 Å². The van der Waals surface area contributed by atoms with Gasteiger partial charge in [0.15, 0.2) is 5.16 Å². The Bertz CT molecular complexity index is 617. The number of rotatable bonds is 6. The van der Waals surface area contributed by atoms with Gasteiger partial charge < -0.3 is 9.88 Å². The summed E-state index contributed by atoms with van der Waals surface area (Å²) in [4.78, 5) is 14.3. The van der Waals surface area contributed by atoms with E-state index in [-0.39, 0.29) is 5.69 Å². The van der Waals surface area contributed by atoms with E-state index >= 15 is 0 Å². The molecule has 0 spiro atoms. The molecule has 2 rings (SSSR count). The minimum absolute atomic E-state index is 0.0112. The van der Waals surface area contributed by atoms with Crippen LogP contribution in [0, 0.1) is 10.1 Å². The number of aromatic nitrogens is 2. The summed E-state index contributed by atoms with van der Waals surface area (Å²) in [5.41, 5.74) is 0.681. The molecule has 0 amide bonds. The van der Waals surface area contributed by atoms with Crippen molar-refractivity contribution in [2.75, 3.05) is 17.6 Å². The van der Waals surface area contributed by atoms with Crippen molar-refractivity contribution < 1.29 is 4.92 Å². The van der Waals surface area contributed by atoms with Crippen LogP contribution in [-0.2, 0) is 7.05 Å². The highest BCUT2D eigenvalue weighted by Gasteiger charge is 2.09. The molecule has 0 bridgehead atoms. The Hall–Kier alpha value is -1.73. The summed E-state index contributed by atoms with van der Waals surface area (Å²) < 4.78 is 1.95. The number of hydrogen-bond acceptors (Lipinski definition) is 5. The molecule has 0 radical (unpaired) electrons. The Kier molecular flexibility index (Phi) is 4.86. The number of benzene rings is 1. The monoisotopic (exact) mass is 312 g/mol. The van der Waals surface area contributed by atoms with Gasteiger partial charge in [0.25, 0.3) is 5.69 Å². The van der Waals surface area contributed by atoms with Crippen molar-refractivity contribution in [1.82, 2.24) is 9.55 Å². The second-order valence-corrected chi connectivity index (χ2v) is 5.49. The zero-order valence-electron chi connectivity index (χ0n) is 10.7. The molecular weight excluding hydrogens is 300 g/mol. The lowest BCUT2D eigenvalue weighted by Crippen LogP contribution is -2.05. The number of imidazole rings is 1. The first-order valence-corrected chi connectivity index (χ1v) is 7.22. The first-order valence-electron chi connectivity index (χ1n) is 5.86. The third-order valence-electron chi connectivity index (χ3n) is 2.59. The van der Waals surface area contributed by atoms with Crippen LogP contribution in [0.3, 0.4) is 0 Å². The second kappa shape index (κ2) is 6.62. The van der Waals surface area contributed by atoms with E-state index in [1.165, 1.54) is 12.1 Å². The number of nitrogens with zero attached hydrogens (tertiary/aromatic N) is 3. The maximum atomic E-state index is 10.6. The topological polar surface area (TPSA) is 73.0 Å². The van der Waals surface area contributed by atoms with Crippen molar-refractivity contribution in [2.45, 2.75) is 5.16 Å². The molecule has 0 fully saturated rings. The molecule has 1 aromatic carbocycles. The van der Waals surface area contributed by atoms with Gasteiger partial charge in [0, 0.05) is 43.9 Å². The number of aryl methyl sites for hydroxylation is 1. The van der Waals surface area contributed by atoms with E-state index in [1.807, 2.05) is 17.8 Å². The van der Waals surface area contributed by atoms with Crippen molar-refractivity contribution in [3.63, 3.8) is 0 Å². The van der Waals surface area contributed by atoms with Gasteiger partial charge in [0.1, 0.15) is 0 Å². The lowest BCUT2D eigenvalue weighted by atomic mass is 10.3. The summed E-state index contributed by atoms with van der Waals surface area (Å²) in [7, 11) is 1.94. The molecule has 2 aromatic rings. The average Bonchev–Trinajstić information content (AvgIpc) is 2.81. The fraction of sp³-hybridized carbons (Fsp3) is 0.250. The van der Waals surface area contributed by atoms with E-state index in [0.29, 0.717) is 17.3 Å². The predicted molar refractivity (Wildman–Crippen MR) is 80.5 cm³/mol. The van der Waals surface area contributed by atoms with E-state index < -0.39 is 4.92 Å². The third kappa shape index (κ3) is 3.64. The Balaban J connectivity index is 1.85. The lowest BCUT2D eigenvalue weighted by Gasteiger charge is -2.08. The van der Waals surface area contributed by atoms with Gasteiger partial charge in [-0.15, -0.1) is 0 Å². The third-order valence-corrected chi connectivity index (χ3v) is 3.96. The Morgan fingerprint density at radius 2 is 2.35 bits per heavy atom. The van der Waals surface area contributed by atoms with Crippen LogP contribution < -0.4 is 5.32 Å². The molecule has 106 valence electrons. The smallest absolute Gasteiger partial charge is 0.271 e. The quantitative estimate of drug-likeness (QED) is 0.384. The van der Waals surface area contributed by atoms with E-state index in [0.717, 1.165) is 10.9 Å². The molecule has 1 heterocycles. The van der Waals surface area contributed by atoms with Crippen LogP contribution in [0.1, 0.15) is 0 Å². The standard InChI is InChI=1S/C12H13ClN4O2S/c1-16-6-4-15-12(16)20-7-5-14-11-3-2-9(17(18)19)8-10(11)13/h2-4,6,8,14H,5,7H2,1H3. The molecule has 6 nitrogen and oxygen atoms in total. The minimum Gasteiger partial charge on any atom is -0.383 e.